The minimum atomic E-state index is -0.354. The number of piperidine rings is 1. The van der Waals surface area contributed by atoms with Crippen molar-refractivity contribution in [2.45, 2.75) is 52.2 Å². The number of likely N-dealkylation sites (tertiary alicyclic amines) is 1. The molecule has 2 rings (SSSR count). The Bertz CT molecular complexity index is 419. The molecule has 1 aromatic carbocycles. The van der Waals surface area contributed by atoms with E-state index in [2.05, 4.69) is 43.9 Å². The maximum Gasteiger partial charge on any atom is 0.0802 e. The van der Waals surface area contributed by atoms with E-state index in [1.807, 2.05) is 0 Å². The first-order valence-electron chi connectivity index (χ1n) is 8.18. The third-order valence-electron chi connectivity index (χ3n) is 4.28. The van der Waals surface area contributed by atoms with Gasteiger partial charge in [-0.05, 0) is 45.6 Å². The monoisotopic (exact) mass is 291 g/mol. The molecule has 1 aromatic rings. The number of rotatable bonds is 6. The SMILES string of the molecule is CCOC1CCN(CCC(O)c2cc(C)cc(C)c2)CC1. The average molecular weight is 291 g/mol. The fourth-order valence-electron chi connectivity index (χ4n) is 3.21. The Morgan fingerprint density at radius 2 is 1.81 bits per heavy atom. The summed E-state index contributed by atoms with van der Waals surface area (Å²) in [6.45, 7) is 10.2. The van der Waals surface area contributed by atoms with Crippen LogP contribution in [0.1, 0.15) is 49.0 Å². The highest BCUT2D eigenvalue weighted by Gasteiger charge is 2.20. The predicted octanol–water partition coefficient (Wildman–Crippen LogP) is 3.23. The van der Waals surface area contributed by atoms with E-state index in [4.69, 9.17) is 4.74 Å². The van der Waals surface area contributed by atoms with Gasteiger partial charge in [0.1, 0.15) is 0 Å². The molecule has 0 bridgehead atoms. The highest BCUT2D eigenvalue weighted by atomic mass is 16.5. The third kappa shape index (κ3) is 5.10. The van der Waals surface area contributed by atoms with Gasteiger partial charge >= 0.3 is 0 Å². The molecule has 1 saturated heterocycles. The van der Waals surface area contributed by atoms with Crippen LogP contribution < -0.4 is 0 Å². The Hall–Kier alpha value is -0.900. The van der Waals surface area contributed by atoms with Crippen molar-refractivity contribution in [2.24, 2.45) is 0 Å². The fraction of sp³-hybridized carbons (Fsp3) is 0.667. The molecule has 1 fully saturated rings. The summed E-state index contributed by atoms with van der Waals surface area (Å²) in [4.78, 5) is 2.45. The number of aliphatic hydroxyl groups is 1. The van der Waals surface area contributed by atoms with Gasteiger partial charge in [0.05, 0.1) is 12.2 Å². The topological polar surface area (TPSA) is 32.7 Å². The molecular formula is C18H29NO2. The van der Waals surface area contributed by atoms with Crippen LogP contribution >= 0.6 is 0 Å². The van der Waals surface area contributed by atoms with Gasteiger partial charge in [-0.3, -0.25) is 0 Å². The van der Waals surface area contributed by atoms with Crippen LogP contribution in [0.25, 0.3) is 0 Å². The van der Waals surface area contributed by atoms with Gasteiger partial charge < -0.3 is 14.7 Å². The lowest BCUT2D eigenvalue weighted by Gasteiger charge is -2.32. The zero-order valence-electron chi connectivity index (χ0n) is 13.6. The smallest absolute Gasteiger partial charge is 0.0802 e. The summed E-state index contributed by atoms with van der Waals surface area (Å²) in [5, 5.41) is 10.4. The third-order valence-corrected chi connectivity index (χ3v) is 4.28. The maximum atomic E-state index is 10.4. The summed E-state index contributed by atoms with van der Waals surface area (Å²) in [6, 6.07) is 6.34. The summed E-state index contributed by atoms with van der Waals surface area (Å²) in [7, 11) is 0. The van der Waals surface area contributed by atoms with E-state index >= 15 is 0 Å². The van der Waals surface area contributed by atoms with Crippen molar-refractivity contribution in [1.82, 2.24) is 4.90 Å². The van der Waals surface area contributed by atoms with E-state index in [0.29, 0.717) is 6.10 Å². The number of ether oxygens (including phenoxy) is 1. The number of hydrogen-bond acceptors (Lipinski definition) is 3. The molecule has 0 amide bonds. The Labute approximate surface area is 128 Å². The first kappa shape index (κ1) is 16.5. The van der Waals surface area contributed by atoms with Crippen molar-refractivity contribution >= 4 is 0 Å². The number of aliphatic hydroxyl groups excluding tert-OH is 1. The van der Waals surface area contributed by atoms with Crippen molar-refractivity contribution in [3.05, 3.63) is 34.9 Å². The molecule has 0 spiro atoms. The van der Waals surface area contributed by atoms with E-state index in [1.54, 1.807) is 0 Å². The summed E-state index contributed by atoms with van der Waals surface area (Å²) in [5.41, 5.74) is 3.50. The first-order valence-corrected chi connectivity index (χ1v) is 8.18. The van der Waals surface area contributed by atoms with Crippen LogP contribution in [0.2, 0.25) is 0 Å². The Kier molecular flexibility index (Phi) is 6.22. The van der Waals surface area contributed by atoms with Crippen molar-refractivity contribution in [3.63, 3.8) is 0 Å². The van der Waals surface area contributed by atoms with Gasteiger partial charge in [0.15, 0.2) is 0 Å². The van der Waals surface area contributed by atoms with Crippen LogP contribution in [-0.4, -0.2) is 42.4 Å². The Balaban J connectivity index is 1.78. The molecule has 1 heterocycles. The molecule has 21 heavy (non-hydrogen) atoms. The van der Waals surface area contributed by atoms with Crippen LogP contribution in [0, 0.1) is 13.8 Å². The summed E-state index contributed by atoms with van der Waals surface area (Å²) in [6.07, 6.45) is 3.13. The van der Waals surface area contributed by atoms with E-state index < -0.39 is 0 Å². The summed E-state index contributed by atoms with van der Waals surface area (Å²) in [5.74, 6) is 0. The highest BCUT2D eigenvalue weighted by molar-refractivity contribution is 5.29. The Morgan fingerprint density at radius 3 is 2.38 bits per heavy atom. The molecule has 118 valence electrons. The van der Waals surface area contributed by atoms with Crippen molar-refractivity contribution in [2.75, 3.05) is 26.2 Å². The van der Waals surface area contributed by atoms with Crippen LogP contribution in [-0.2, 0) is 4.74 Å². The quantitative estimate of drug-likeness (QED) is 0.873. The lowest BCUT2D eigenvalue weighted by Crippen LogP contribution is -2.38. The number of hydrogen-bond donors (Lipinski definition) is 1. The minimum Gasteiger partial charge on any atom is -0.388 e. The molecule has 3 heteroatoms. The van der Waals surface area contributed by atoms with E-state index in [9.17, 15) is 5.11 Å². The van der Waals surface area contributed by atoms with Gasteiger partial charge in [-0.25, -0.2) is 0 Å². The molecule has 1 N–H and O–H groups in total. The lowest BCUT2D eigenvalue weighted by atomic mass is 10.0. The van der Waals surface area contributed by atoms with Gasteiger partial charge in [0.25, 0.3) is 0 Å². The minimum absolute atomic E-state index is 0.354. The van der Waals surface area contributed by atoms with Crippen molar-refractivity contribution in [3.8, 4) is 0 Å². The number of nitrogens with zero attached hydrogens (tertiary/aromatic N) is 1. The van der Waals surface area contributed by atoms with Gasteiger partial charge in [-0.15, -0.1) is 0 Å². The molecule has 1 unspecified atom stereocenters. The summed E-state index contributed by atoms with van der Waals surface area (Å²) < 4.78 is 5.68. The van der Waals surface area contributed by atoms with Gasteiger partial charge in [0.2, 0.25) is 0 Å². The van der Waals surface area contributed by atoms with Crippen molar-refractivity contribution in [1.29, 1.82) is 0 Å². The van der Waals surface area contributed by atoms with Gasteiger partial charge in [-0.2, -0.15) is 0 Å². The second-order valence-corrected chi connectivity index (χ2v) is 6.22. The molecule has 0 aliphatic carbocycles. The molecule has 0 aromatic heterocycles. The normalized spacial score (nSPS) is 18.9. The fourth-order valence-corrected chi connectivity index (χ4v) is 3.21. The van der Waals surface area contributed by atoms with E-state index in [1.165, 1.54) is 11.1 Å². The zero-order valence-corrected chi connectivity index (χ0v) is 13.6. The molecular weight excluding hydrogens is 262 g/mol. The van der Waals surface area contributed by atoms with Gasteiger partial charge in [-0.1, -0.05) is 29.3 Å². The number of aryl methyl sites for hydroxylation is 2. The molecule has 0 radical (unpaired) electrons. The second kappa shape index (κ2) is 7.92. The Morgan fingerprint density at radius 1 is 1.19 bits per heavy atom. The van der Waals surface area contributed by atoms with E-state index in [0.717, 1.165) is 51.1 Å². The second-order valence-electron chi connectivity index (χ2n) is 6.22. The average Bonchev–Trinajstić information content (AvgIpc) is 2.45. The first-order chi connectivity index (χ1) is 10.1. The maximum absolute atomic E-state index is 10.4. The molecule has 3 nitrogen and oxygen atoms in total. The number of benzene rings is 1. The molecule has 0 saturated carbocycles. The van der Waals surface area contributed by atoms with Crippen LogP contribution in [0.5, 0.6) is 0 Å². The molecule has 1 aliphatic rings. The summed E-state index contributed by atoms with van der Waals surface area (Å²) >= 11 is 0. The lowest BCUT2D eigenvalue weighted by molar-refractivity contribution is 0.0112. The van der Waals surface area contributed by atoms with Crippen LogP contribution in [0.4, 0.5) is 0 Å². The van der Waals surface area contributed by atoms with Crippen LogP contribution in [0.3, 0.4) is 0 Å². The zero-order chi connectivity index (χ0) is 15.2. The molecule has 1 atom stereocenters. The largest absolute Gasteiger partial charge is 0.388 e. The van der Waals surface area contributed by atoms with E-state index in [-0.39, 0.29) is 6.10 Å². The van der Waals surface area contributed by atoms with Gasteiger partial charge in [0, 0.05) is 26.2 Å². The van der Waals surface area contributed by atoms with Crippen molar-refractivity contribution < 1.29 is 9.84 Å². The highest BCUT2D eigenvalue weighted by Crippen LogP contribution is 2.21. The van der Waals surface area contributed by atoms with Crippen LogP contribution in [0.15, 0.2) is 18.2 Å². The standard InChI is InChI=1S/C18H29NO2/c1-4-21-17-5-8-19(9-6-17)10-7-18(20)16-12-14(2)11-15(3)13-16/h11-13,17-18,20H,4-10H2,1-3H3. The molecule has 1 aliphatic heterocycles. The predicted molar refractivity (Wildman–Crippen MR) is 86.6 cm³/mol.